The van der Waals surface area contributed by atoms with Gasteiger partial charge in [0.1, 0.15) is 0 Å². The van der Waals surface area contributed by atoms with Crippen LogP contribution in [0.5, 0.6) is 0 Å². The lowest BCUT2D eigenvalue weighted by atomic mass is 9.90. The van der Waals surface area contributed by atoms with E-state index in [0.29, 0.717) is 17.6 Å². The molecule has 0 saturated heterocycles. The van der Waals surface area contributed by atoms with Crippen molar-refractivity contribution in [1.82, 2.24) is 10.1 Å². The highest BCUT2D eigenvalue weighted by molar-refractivity contribution is 7.98. The number of nitrogens with two attached hydrogens (primary N) is 1. The summed E-state index contributed by atoms with van der Waals surface area (Å²) < 4.78 is 5.40. The van der Waals surface area contributed by atoms with Crippen molar-refractivity contribution in [3.8, 4) is 0 Å². The first-order chi connectivity index (χ1) is 9.97. The summed E-state index contributed by atoms with van der Waals surface area (Å²) in [4.78, 5) is 5.72. The van der Waals surface area contributed by atoms with Crippen molar-refractivity contribution in [3.05, 3.63) is 41.5 Å². The van der Waals surface area contributed by atoms with Crippen molar-refractivity contribution in [3.63, 3.8) is 0 Å². The van der Waals surface area contributed by atoms with Gasteiger partial charge in [0.05, 0.1) is 11.7 Å². The van der Waals surface area contributed by atoms with E-state index < -0.39 is 0 Å². The molecule has 5 heteroatoms. The lowest BCUT2D eigenvalue weighted by molar-refractivity contribution is 0.299. The van der Waals surface area contributed by atoms with Gasteiger partial charge in [-0.1, -0.05) is 36.7 Å². The molecule has 0 aliphatic rings. The molecule has 0 aliphatic heterocycles. The largest absolute Gasteiger partial charge is 0.339 e. The summed E-state index contributed by atoms with van der Waals surface area (Å²) in [5, 5.41) is 4.07. The second-order valence-electron chi connectivity index (χ2n) is 5.78. The van der Waals surface area contributed by atoms with Gasteiger partial charge in [0.2, 0.25) is 5.89 Å². The van der Waals surface area contributed by atoms with Gasteiger partial charge in [-0.25, -0.2) is 0 Å². The molecule has 0 aliphatic carbocycles. The van der Waals surface area contributed by atoms with Crippen molar-refractivity contribution in [2.45, 2.75) is 50.3 Å². The predicted octanol–water partition coefficient (Wildman–Crippen LogP) is 3.76. The normalized spacial score (nSPS) is 14.4. The summed E-state index contributed by atoms with van der Waals surface area (Å²) in [6.07, 6.45) is 0. The molecule has 0 saturated carbocycles. The minimum Gasteiger partial charge on any atom is -0.339 e. The fourth-order valence-electron chi connectivity index (χ4n) is 2.36. The second kappa shape index (κ2) is 7.09. The summed E-state index contributed by atoms with van der Waals surface area (Å²) in [7, 11) is 0. The Labute approximate surface area is 130 Å². The Balaban J connectivity index is 2.01. The van der Waals surface area contributed by atoms with Crippen molar-refractivity contribution in [2.75, 3.05) is 0 Å². The van der Waals surface area contributed by atoms with Crippen LogP contribution in [0, 0.1) is 12.8 Å². The van der Waals surface area contributed by atoms with Crippen LogP contribution in [0.15, 0.2) is 33.7 Å². The molecule has 4 nitrogen and oxygen atoms in total. The summed E-state index contributed by atoms with van der Waals surface area (Å²) in [6, 6.07) is 8.44. The van der Waals surface area contributed by atoms with E-state index in [0.717, 1.165) is 5.82 Å². The molecule has 2 aromatic rings. The fourth-order valence-corrected chi connectivity index (χ4v) is 3.10. The van der Waals surface area contributed by atoms with Crippen LogP contribution < -0.4 is 5.73 Å². The van der Waals surface area contributed by atoms with Crippen LogP contribution in [0.25, 0.3) is 0 Å². The predicted molar refractivity (Wildman–Crippen MR) is 86.3 cm³/mol. The maximum atomic E-state index is 6.03. The van der Waals surface area contributed by atoms with Gasteiger partial charge in [0.25, 0.3) is 0 Å². The number of rotatable bonds is 6. The Morgan fingerprint density at radius 1 is 1.19 bits per heavy atom. The van der Waals surface area contributed by atoms with Crippen molar-refractivity contribution in [1.29, 1.82) is 0 Å². The molecular weight excluding hydrogens is 282 g/mol. The first-order valence-electron chi connectivity index (χ1n) is 7.25. The highest BCUT2D eigenvalue weighted by atomic mass is 32.2. The molecular formula is C16H23N3OS. The smallest absolute Gasteiger partial charge is 0.231 e. The zero-order chi connectivity index (χ0) is 15.4. The minimum atomic E-state index is 0.00283. The average molecular weight is 305 g/mol. The van der Waals surface area contributed by atoms with Crippen LogP contribution in [0.1, 0.15) is 44.0 Å². The minimum absolute atomic E-state index is 0.00283. The third-order valence-corrected chi connectivity index (χ3v) is 4.45. The lowest BCUT2D eigenvalue weighted by Crippen LogP contribution is -2.28. The monoisotopic (exact) mass is 305 g/mol. The molecule has 2 N–H and O–H groups in total. The highest BCUT2D eigenvalue weighted by Gasteiger charge is 2.26. The Morgan fingerprint density at radius 3 is 2.43 bits per heavy atom. The summed E-state index contributed by atoms with van der Waals surface area (Å²) in [6.45, 7) is 8.31. The number of nitrogens with zero attached hydrogens (tertiary/aromatic N) is 2. The van der Waals surface area contributed by atoms with Gasteiger partial charge in [0.15, 0.2) is 5.82 Å². The molecule has 0 amide bonds. The van der Waals surface area contributed by atoms with E-state index >= 15 is 0 Å². The van der Waals surface area contributed by atoms with Crippen LogP contribution in [0.2, 0.25) is 0 Å². The van der Waals surface area contributed by atoms with Crippen LogP contribution in [-0.2, 0) is 5.75 Å². The van der Waals surface area contributed by atoms with Crippen LogP contribution in [0.4, 0.5) is 0 Å². The molecule has 0 fully saturated rings. The molecule has 0 radical (unpaired) electrons. The molecule has 1 aromatic carbocycles. The molecule has 0 spiro atoms. The topological polar surface area (TPSA) is 64.9 Å². The summed E-state index contributed by atoms with van der Waals surface area (Å²) in [5.74, 6) is 2.57. The van der Waals surface area contributed by atoms with E-state index in [1.807, 2.05) is 6.92 Å². The SMILES string of the molecule is Cc1ccc(SCc2noc(C(C(C)C)C(C)N)n2)cc1. The molecule has 0 bridgehead atoms. The van der Waals surface area contributed by atoms with Gasteiger partial charge in [-0.05, 0) is 31.9 Å². The molecule has 2 rings (SSSR count). The first kappa shape index (κ1) is 16.0. The third-order valence-electron chi connectivity index (χ3n) is 3.44. The number of hydrogen-bond acceptors (Lipinski definition) is 5. The quantitative estimate of drug-likeness (QED) is 0.823. The second-order valence-corrected chi connectivity index (χ2v) is 6.83. The Kier molecular flexibility index (Phi) is 5.42. The molecule has 1 aromatic heterocycles. The summed E-state index contributed by atoms with van der Waals surface area (Å²) in [5.41, 5.74) is 7.29. The number of aryl methyl sites for hydroxylation is 1. The first-order valence-corrected chi connectivity index (χ1v) is 8.23. The Hall–Kier alpha value is -1.33. The van der Waals surface area contributed by atoms with E-state index in [-0.39, 0.29) is 12.0 Å². The Bertz CT molecular complexity index is 555. The van der Waals surface area contributed by atoms with Gasteiger partial charge in [-0.2, -0.15) is 4.98 Å². The number of aromatic nitrogens is 2. The zero-order valence-corrected chi connectivity index (χ0v) is 13.9. The van der Waals surface area contributed by atoms with Crippen LogP contribution in [-0.4, -0.2) is 16.2 Å². The Morgan fingerprint density at radius 2 is 1.86 bits per heavy atom. The third kappa shape index (κ3) is 4.32. The fraction of sp³-hybridized carbons (Fsp3) is 0.500. The van der Waals surface area contributed by atoms with Crippen molar-refractivity contribution < 1.29 is 4.52 Å². The molecule has 2 atom stereocenters. The molecule has 21 heavy (non-hydrogen) atoms. The van der Waals surface area contributed by atoms with Crippen molar-refractivity contribution in [2.24, 2.45) is 11.7 Å². The molecule has 2 unspecified atom stereocenters. The van der Waals surface area contributed by atoms with E-state index in [2.05, 4.69) is 55.2 Å². The molecule has 1 heterocycles. The van der Waals surface area contributed by atoms with Crippen LogP contribution in [0.3, 0.4) is 0 Å². The average Bonchev–Trinajstić information content (AvgIpc) is 2.85. The number of hydrogen-bond donors (Lipinski definition) is 1. The highest BCUT2D eigenvalue weighted by Crippen LogP contribution is 2.27. The van der Waals surface area contributed by atoms with Gasteiger partial charge in [-0.3, -0.25) is 0 Å². The van der Waals surface area contributed by atoms with E-state index in [1.165, 1.54) is 10.5 Å². The van der Waals surface area contributed by atoms with Gasteiger partial charge < -0.3 is 10.3 Å². The summed E-state index contributed by atoms with van der Waals surface area (Å²) >= 11 is 1.71. The maximum absolute atomic E-state index is 6.03. The number of thioether (sulfide) groups is 1. The van der Waals surface area contributed by atoms with E-state index in [1.54, 1.807) is 11.8 Å². The van der Waals surface area contributed by atoms with Gasteiger partial charge in [-0.15, -0.1) is 11.8 Å². The molecule has 114 valence electrons. The van der Waals surface area contributed by atoms with Crippen molar-refractivity contribution >= 4 is 11.8 Å². The maximum Gasteiger partial charge on any atom is 0.231 e. The van der Waals surface area contributed by atoms with E-state index in [4.69, 9.17) is 10.3 Å². The number of benzene rings is 1. The van der Waals surface area contributed by atoms with Gasteiger partial charge >= 0.3 is 0 Å². The van der Waals surface area contributed by atoms with Crippen LogP contribution >= 0.6 is 11.8 Å². The zero-order valence-electron chi connectivity index (χ0n) is 13.0. The standard InChI is InChI=1S/C16H23N3OS/c1-10(2)15(12(4)17)16-18-14(19-20-16)9-21-13-7-5-11(3)6-8-13/h5-8,10,12,15H,9,17H2,1-4H3. The lowest BCUT2D eigenvalue weighted by Gasteiger charge is -2.20. The van der Waals surface area contributed by atoms with E-state index in [9.17, 15) is 0 Å². The van der Waals surface area contributed by atoms with Gasteiger partial charge in [0, 0.05) is 10.9 Å².